The zero-order chi connectivity index (χ0) is 18.0. The molecule has 6 heteroatoms. The van der Waals surface area contributed by atoms with E-state index in [9.17, 15) is 14.7 Å². The summed E-state index contributed by atoms with van der Waals surface area (Å²) in [5, 5.41) is 14.1. The van der Waals surface area contributed by atoms with Crippen LogP contribution in [-0.4, -0.2) is 15.6 Å². The number of pyridine rings is 1. The summed E-state index contributed by atoms with van der Waals surface area (Å²) in [5.74, 6) is -0.933. The molecule has 0 spiro atoms. The molecule has 1 heterocycles. The minimum atomic E-state index is -0.629. The van der Waals surface area contributed by atoms with Crippen molar-refractivity contribution in [3.63, 3.8) is 0 Å². The van der Waals surface area contributed by atoms with Gasteiger partial charge in [0.2, 0.25) is 0 Å². The Hall–Kier alpha value is -2.79. The van der Waals surface area contributed by atoms with Crippen LogP contribution in [0.3, 0.4) is 0 Å². The number of amides is 1. The molecule has 0 aliphatic rings. The van der Waals surface area contributed by atoms with Crippen LogP contribution in [0.1, 0.15) is 22.8 Å². The van der Waals surface area contributed by atoms with Crippen molar-refractivity contribution in [2.45, 2.75) is 20.0 Å². The zero-order valence-corrected chi connectivity index (χ0v) is 14.4. The van der Waals surface area contributed by atoms with Crippen molar-refractivity contribution >= 4 is 28.4 Å². The Bertz CT molecular complexity index is 1010. The van der Waals surface area contributed by atoms with Crippen molar-refractivity contribution in [1.82, 2.24) is 9.88 Å². The van der Waals surface area contributed by atoms with Crippen LogP contribution in [0, 0.1) is 0 Å². The number of benzene rings is 2. The number of carbonyl (C=O) groups is 1. The second-order valence-corrected chi connectivity index (χ2v) is 5.97. The molecule has 1 amide bonds. The van der Waals surface area contributed by atoms with E-state index in [1.807, 2.05) is 13.0 Å². The molecule has 0 aliphatic carbocycles. The van der Waals surface area contributed by atoms with Gasteiger partial charge in [0, 0.05) is 23.5 Å². The third-order valence-electron chi connectivity index (χ3n) is 4.09. The maximum absolute atomic E-state index is 12.7. The number of nitrogens with zero attached hydrogens (tertiary/aromatic N) is 1. The van der Waals surface area contributed by atoms with Crippen molar-refractivity contribution in [2.24, 2.45) is 0 Å². The van der Waals surface area contributed by atoms with Crippen LogP contribution in [0.2, 0.25) is 5.02 Å². The van der Waals surface area contributed by atoms with E-state index < -0.39 is 11.5 Å². The van der Waals surface area contributed by atoms with Gasteiger partial charge in [-0.25, -0.2) is 0 Å². The molecule has 3 aromatic rings. The fourth-order valence-electron chi connectivity index (χ4n) is 2.81. The molecule has 0 aliphatic heterocycles. The highest BCUT2D eigenvalue weighted by Crippen LogP contribution is 2.26. The Labute approximate surface area is 149 Å². The molecular formula is C19H17ClN2O3. The highest BCUT2D eigenvalue weighted by Gasteiger charge is 2.21. The Morgan fingerprint density at radius 3 is 2.56 bits per heavy atom. The van der Waals surface area contributed by atoms with E-state index in [0.29, 0.717) is 22.5 Å². The van der Waals surface area contributed by atoms with Gasteiger partial charge in [-0.3, -0.25) is 9.59 Å². The van der Waals surface area contributed by atoms with E-state index >= 15 is 0 Å². The van der Waals surface area contributed by atoms with Crippen molar-refractivity contribution in [1.29, 1.82) is 0 Å². The fraction of sp³-hybridized carbons (Fsp3) is 0.158. The summed E-state index contributed by atoms with van der Waals surface area (Å²) in [6, 6.07) is 14.1. The molecule has 2 N–H and O–H groups in total. The van der Waals surface area contributed by atoms with Gasteiger partial charge in [-0.05, 0) is 30.7 Å². The first kappa shape index (κ1) is 17.0. The molecule has 5 nitrogen and oxygen atoms in total. The van der Waals surface area contributed by atoms with Gasteiger partial charge in [0.15, 0.2) is 0 Å². The van der Waals surface area contributed by atoms with E-state index in [4.69, 9.17) is 11.6 Å². The Balaban J connectivity index is 2.02. The van der Waals surface area contributed by atoms with Gasteiger partial charge in [0.25, 0.3) is 11.5 Å². The number of aryl methyl sites for hydroxylation is 1. The Kier molecular flexibility index (Phi) is 4.76. The lowest BCUT2D eigenvalue weighted by Crippen LogP contribution is -2.33. The molecule has 0 atom stereocenters. The number of halogens is 1. The van der Waals surface area contributed by atoms with E-state index in [2.05, 4.69) is 5.32 Å². The number of para-hydroxylation sites is 1. The quantitative estimate of drug-likeness (QED) is 0.753. The maximum Gasteiger partial charge on any atom is 0.267 e. The monoisotopic (exact) mass is 356 g/mol. The van der Waals surface area contributed by atoms with Crippen LogP contribution in [0.25, 0.3) is 10.9 Å². The van der Waals surface area contributed by atoms with Gasteiger partial charge in [0.1, 0.15) is 11.3 Å². The van der Waals surface area contributed by atoms with Crippen LogP contribution in [0.4, 0.5) is 0 Å². The maximum atomic E-state index is 12.7. The molecule has 0 radical (unpaired) electrons. The minimum absolute atomic E-state index is 0.163. The molecule has 0 fully saturated rings. The van der Waals surface area contributed by atoms with Crippen molar-refractivity contribution < 1.29 is 9.90 Å². The van der Waals surface area contributed by atoms with Crippen molar-refractivity contribution in [2.75, 3.05) is 0 Å². The summed E-state index contributed by atoms with van der Waals surface area (Å²) in [6.45, 7) is 2.37. The summed E-state index contributed by atoms with van der Waals surface area (Å²) >= 11 is 6.08. The number of hydrogen-bond donors (Lipinski definition) is 2. The first-order valence-corrected chi connectivity index (χ1v) is 8.28. The molecule has 2 aromatic carbocycles. The first-order valence-electron chi connectivity index (χ1n) is 7.90. The lowest BCUT2D eigenvalue weighted by Gasteiger charge is -2.14. The fourth-order valence-corrected chi connectivity index (χ4v) is 3.02. The molecule has 128 valence electrons. The number of fused-ring (bicyclic) bond motifs is 1. The standard InChI is InChI=1S/C19H17ClN2O3/c1-2-22-15-10-6-4-8-13(15)17(23)16(19(22)25)18(24)21-11-12-7-3-5-9-14(12)20/h3-10,23H,2,11H2,1H3,(H,21,24). The van der Waals surface area contributed by atoms with Gasteiger partial charge in [0.05, 0.1) is 5.52 Å². The predicted molar refractivity (Wildman–Crippen MR) is 98.2 cm³/mol. The average molecular weight is 357 g/mol. The summed E-state index contributed by atoms with van der Waals surface area (Å²) in [7, 11) is 0. The second-order valence-electron chi connectivity index (χ2n) is 5.56. The average Bonchev–Trinajstić information content (AvgIpc) is 2.61. The number of aromatic hydroxyl groups is 1. The van der Waals surface area contributed by atoms with Crippen LogP contribution >= 0.6 is 11.6 Å². The predicted octanol–water partition coefficient (Wildman–Crippen LogP) is 3.31. The number of hydrogen-bond acceptors (Lipinski definition) is 3. The highest BCUT2D eigenvalue weighted by molar-refractivity contribution is 6.31. The van der Waals surface area contributed by atoms with Gasteiger partial charge in [-0.15, -0.1) is 0 Å². The number of rotatable bonds is 4. The highest BCUT2D eigenvalue weighted by atomic mass is 35.5. The van der Waals surface area contributed by atoms with Crippen LogP contribution in [0.5, 0.6) is 5.75 Å². The largest absolute Gasteiger partial charge is 0.506 e. The van der Waals surface area contributed by atoms with E-state index in [-0.39, 0.29) is 17.9 Å². The third-order valence-corrected chi connectivity index (χ3v) is 4.46. The zero-order valence-electron chi connectivity index (χ0n) is 13.6. The van der Waals surface area contributed by atoms with Crippen LogP contribution in [0.15, 0.2) is 53.3 Å². The number of aromatic nitrogens is 1. The summed E-state index contributed by atoms with van der Waals surface area (Å²) in [6.07, 6.45) is 0. The molecule has 0 bridgehead atoms. The van der Waals surface area contributed by atoms with E-state index in [0.717, 1.165) is 5.56 Å². The molecule has 25 heavy (non-hydrogen) atoms. The SMILES string of the molecule is CCn1c(=O)c(C(=O)NCc2ccccc2Cl)c(O)c2ccccc21. The molecular weight excluding hydrogens is 340 g/mol. The van der Waals surface area contributed by atoms with Crippen molar-refractivity contribution in [3.8, 4) is 5.75 Å². The summed E-state index contributed by atoms with van der Waals surface area (Å²) in [4.78, 5) is 25.2. The van der Waals surface area contributed by atoms with E-state index in [1.54, 1.807) is 42.5 Å². The normalized spacial score (nSPS) is 10.8. The minimum Gasteiger partial charge on any atom is -0.506 e. The Morgan fingerprint density at radius 1 is 1.16 bits per heavy atom. The molecule has 3 rings (SSSR count). The summed E-state index contributed by atoms with van der Waals surface area (Å²) in [5.41, 5.74) is 0.548. The molecule has 0 unspecified atom stereocenters. The molecule has 0 saturated carbocycles. The molecule has 1 aromatic heterocycles. The summed E-state index contributed by atoms with van der Waals surface area (Å²) < 4.78 is 1.47. The second kappa shape index (κ2) is 6.99. The van der Waals surface area contributed by atoms with Gasteiger partial charge >= 0.3 is 0 Å². The van der Waals surface area contributed by atoms with Gasteiger partial charge < -0.3 is 15.0 Å². The van der Waals surface area contributed by atoms with Gasteiger partial charge in [-0.1, -0.05) is 41.9 Å². The lowest BCUT2D eigenvalue weighted by molar-refractivity contribution is 0.0946. The number of nitrogens with one attached hydrogen (secondary N) is 1. The third kappa shape index (κ3) is 3.10. The first-order chi connectivity index (χ1) is 12.0. The van der Waals surface area contributed by atoms with Gasteiger partial charge in [-0.2, -0.15) is 0 Å². The van der Waals surface area contributed by atoms with Crippen LogP contribution < -0.4 is 10.9 Å². The lowest BCUT2D eigenvalue weighted by atomic mass is 10.1. The van der Waals surface area contributed by atoms with E-state index in [1.165, 1.54) is 4.57 Å². The Morgan fingerprint density at radius 2 is 1.84 bits per heavy atom. The van der Waals surface area contributed by atoms with Crippen molar-refractivity contribution in [3.05, 3.63) is 75.0 Å². The molecule has 0 saturated heterocycles. The smallest absolute Gasteiger partial charge is 0.267 e. The topological polar surface area (TPSA) is 71.3 Å². The van der Waals surface area contributed by atoms with Crippen LogP contribution in [-0.2, 0) is 13.1 Å². The number of carbonyl (C=O) groups excluding carboxylic acids is 1.